The molecule has 0 atom stereocenters. The first kappa shape index (κ1) is 23.7. The van der Waals surface area contributed by atoms with Crippen molar-refractivity contribution >= 4 is 34.4 Å². The van der Waals surface area contributed by atoms with E-state index in [4.69, 9.17) is 14.6 Å². The summed E-state index contributed by atoms with van der Waals surface area (Å²) >= 11 is 0. The van der Waals surface area contributed by atoms with Crippen molar-refractivity contribution in [2.24, 2.45) is 0 Å². The number of halogens is 3. The summed E-state index contributed by atoms with van der Waals surface area (Å²) in [5, 5.41) is 13.9. The number of methoxy groups -OCH3 is 1. The van der Waals surface area contributed by atoms with Crippen molar-refractivity contribution in [1.82, 2.24) is 10.3 Å². The largest absolute Gasteiger partial charge is 0.490 e. The van der Waals surface area contributed by atoms with Gasteiger partial charge in [0.1, 0.15) is 0 Å². The second-order valence-electron chi connectivity index (χ2n) is 5.52. The second kappa shape index (κ2) is 10.8. The number of amides is 1. The van der Waals surface area contributed by atoms with Gasteiger partial charge in [0, 0.05) is 36.8 Å². The third kappa shape index (κ3) is 7.64. The van der Waals surface area contributed by atoms with Crippen LogP contribution in [0.2, 0.25) is 0 Å². The fourth-order valence-corrected chi connectivity index (χ4v) is 2.14. The van der Waals surface area contributed by atoms with Crippen LogP contribution in [0.3, 0.4) is 0 Å². The topological polar surface area (TPSA) is 118 Å². The van der Waals surface area contributed by atoms with Gasteiger partial charge in [0.05, 0.1) is 18.2 Å². The lowest BCUT2D eigenvalue weighted by Crippen LogP contribution is -2.24. The molecule has 29 heavy (non-hydrogen) atoms. The summed E-state index contributed by atoms with van der Waals surface area (Å²) < 4.78 is 36.5. The maximum atomic E-state index is 11.6. The van der Waals surface area contributed by atoms with Gasteiger partial charge in [-0.05, 0) is 31.2 Å². The van der Waals surface area contributed by atoms with Crippen molar-refractivity contribution in [3.8, 4) is 0 Å². The zero-order chi connectivity index (χ0) is 22.0. The number of pyridine rings is 1. The van der Waals surface area contributed by atoms with Gasteiger partial charge < -0.3 is 20.5 Å². The molecule has 2 aromatic rings. The van der Waals surface area contributed by atoms with Gasteiger partial charge in [-0.3, -0.25) is 9.78 Å². The molecule has 1 aromatic carbocycles. The van der Waals surface area contributed by atoms with Crippen molar-refractivity contribution in [3.05, 3.63) is 36.0 Å². The van der Waals surface area contributed by atoms with E-state index in [-0.39, 0.29) is 11.9 Å². The van der Waals surface area contributed by atoms with Crippen LogP contribution in [0, 0.1) is 0 Å². The number of carboxylic acids is 1. The number of aliphatic carboxylic acids is 1. The third-order valence-electron chi connectivity index (χ3n) is 3.45. The Morgan fingerprint density at radius 1 is 1.21 bits per heavy atom. The molecule has 158 valence electrons. The van der Waals surface area contributed by atoms with Crippen molar-refractivity contribution in [2.75, 3.05) is 25.5 Å². The van der Waals surface area contributed by atoms with Crippen LogP contribution in [0.5, 0.6) is 0 Å². The summed E-state index contributed by atoms with van der Waals surface area (Å²) in [6, 6.07) is 7.01. The van der Waals surface area contributed by atoms with E-state index in [1.807, 2.05) is 13.0 Å². The fourth-order valence-electron chi connectivity index (χ4n) is 2.14. The smallest absolute Gasteiger partial charge is 0.475 e. The molecule has 0 saturated heterocycles. The van der Waals surface area contributed by atoms with Gasteiger partial charge in [-0.25, -0.2) is 9.59 Å². The van der Waals surface area contributed by atoms with Gasteiger partial charge in [-0.15, -0.1) is 0 Å². The van der Waals surface area contributed by atoms with Crippen LogP contribution in [0.4, 0.5) is 18.9 Å². The SMILES string of the molecule is CCNC(=O)CCNc1ccnc2ccc(C(=O)OC)cc12.O=C(O)C(F)(F)F. The van der Waals surface area contributed by atoms with Crippen molar-refractivity contribution in [3.63, 3.8) is 0 Å². The number of fused-ring (bicyclic) bond motifs is 1. The summed E-state index contributed by atoms with van der Waals surface area (Å²) in [5.74, 6) is -3.14. The Hall–Kier alpha value is -3.37. The number of esters is 1. The average Bonchev–Trinajstić information content (AvgIpc) is 2.67. The highest BCUT2D eigenvalue weighted by atomic mass is 19.4. The number of alkyl halides is 3. The Labute approximate surface area is 164 Å². The van der Waals surface area contributed by atoms with Gasteiger partial charge in [0.25, 0.3) is 0 Å². The van der Waals surface area contributed by atoms with Gasteiger partial charge >= 0.3 is 18.1 Å². The minimum Gasteiger partial charge on any atom is -0.475 e. The fraction of sp³-hybridized carbons (Fsp3) is 0.333. The van der Waals surface area contributed by atoms with Crippen molar-refractivity contribution in [1.29, 1.82) is 0 Å². The molecule has 0 aliphatic rings. The van der Waals surface area contributed by atoms with Gasteiger partial charge in [0.2, 0.25) is 5.91 Å². The highest BCUT2D eigenvalue weighted by Crippen LogP contribution is 2.23. The summed E-state index contributed by atoms with van der Waals surface area (Å²) in [7, 11) is 1.35. The molecule has 0 aliphatic heterocycles. The molecule has 0 bridgehead atoms. The molecule has 0 fully saturated rings. The number of carboxylic acid groups (broad SMARTS) is 1. The van der Waals surface area contributed by atoms with E-state index in [0.29, 0.717) is 25.1 Å². The molecule has 0 saturated carbocycles. The zero-order valence-corrected chi connectivity index (χ0v) is 15.7. The van der Waals surface area contributed by atoms with Crippen LogP contribution >= 0.6 is 0 Å². The van der Waals surface area contributed by atoms with E-state index < -0.39 is 12.1 Å². The molecule has 0 unspecified atom stereocenters. The van der Waals surface area contributed by atoms with Crippen LogP contribution in [-0.2, 0) is 14.3 Å². The van der Waals surface area contributed by atoms with E-state index in [0.717, 1.165) is 16.6 Å². The summed E-state index contributed by atoms with van der Waals surface area (Å²) in [4.78, 5) is 36.2. The minimum atomic E-state index is -5.08. The highest BCUT2D eigenvalue weighted by molar-refractivity contribution is 5.98. The summed E-state index contributed by atoms with van der Waals surface area (Å²) in [6.07, 6.45) is -3.01. The van der Waals surface area contributed by atoms with Gasteiger partial charge in [-0.2, -0.15) is 13.2 Å². The van der Waals surface area contributed by atoms with Gasteiger partial charge in [0.15, 0.2) is 0 Å². The van der Waals surface area contributed by atoms with Crippen LogP contribution < -0.4 is 10.6 Å². The number of aromatic nitrogens is 1. The zero-order valence-electron chi connectivity index (χ0n) is 15.7. The summed E-state index contributed by atoms with van der Waals surface area (Å²) in [6.45, 7) is 3.02. The molecule has 1 heterocycles. The second-order valence-corrected chi connectivity index (χ2v) is 5.52. The number of nitrogens with one attached hydrogen (secondary N) is 2. The lowest BCUT2D eigenvalue weighted by molar-refractivity contribution is -0.192. The van der Waals surface area contributed by atoms with Crippen LogP contribution in [0.25, 0.3) is 10.9 Å². The average molecular weight is 415 g/mol. The number of benzene rings is 1. The first-order chi connectivity index (χ1) is 13.6. The maximum Gasteiger partial charge on any atom is 0.490 e. The van der Waals surface area contributed by atoms with E-state index in [2.05, 4.69) is 15.6 Å². The predicted molar refractivity (Wildman–Crippen MR) is 98.6 cm³/mol. The number of anilines is 1. The molecule has 0 aliphatic carbocycles. The Morgan fingerprint density at radius 2 is 1.86 bits per heavy atom. The first-order valence-corrected chi connectivity index (χ1v) is 8.37. The van der Waals surface area contributed by atoms with Crippen LogP contribution in [0.15, 0.2) is 30.5 Å². The third-order valence-corrected chi connectivity index (χ3v) is 3.45. The maximum absolute atomic E-state index is 11.6. The molecular weight excluding hydrogens is 395 g/mol. The molecule has 0 radical (unpaired) electrons. The van der Waals surface area contributed by atoms with E-state index in [9.17, 15) is 22.8 Å². The Balaban J connectivity index is 0.000000516. The quantitative estimate of drug-likeness (QED) is 0.621. The lowest BCUT2D eigenvalue weighted by atomic mass is 10.1. The standard InChI is InChI=1S/C16H19N3O3.C2HF3O2/c1-3-17-15(20)7-9-19-14-6-8-18-13-5-4-11(10-12(13)14)16(21)22-2;3-2(4,5)1(6)7/h4-6,8,10H,3,7,9H2,1-2H3,(H,17,20)(H,18,19);(H,6,7). The van der Waals surface area contributed by atoms with E-state index in [1.54, 1.807) is 24.4 Å². The van der Waals surface area contributed by atoms with Crippen molar-refractivity contribution in [2.45, 2.75) is 19.5 Å². The number of nitrogens with zero attached hydrogens (tertiary/aromatic N) is 1. The van der Waals surface area contributed by atoms with Crippen LogP contribution in [0.1, 0.15) is 23.7 Å². The molecule has 1 amide bonds. The number of carbonyl (C=O) groups excluding carboxylic acids is 2. The Morgan fingerprint density at radius 3 is 2.41 bits per heavy atom. The highest BCUT2D eigenvalue weighted by Gasteiger charge is 2.38. The number of hydrogen-bond acceptors (Lipinski definition) is 6. The van der Waals surface area contributed by atoms with E-state index >= 15 is 0 Å². The molecule has 0 spiro atoms. The lowest BCUT2D eigenvalue weighted by Gasteiger charge is -2.10. The van der Waals surface area contributed by atoms with E-state index in [1.165, 1.54) is 7.11 Å². The molecular formula is C18H20F3N3O5. The normalized spacial score (nSPS) is 10.5. The number of ether oxygens (including phenoxy) is 1. The number of hydrogen-bond donors (Lipinski definition) is 3. The molecule has 1 aromatic heterocycles. The summed E-state index contributed by atoms with van der Waals surface area (Å²) in [5.41, 5.74) is 2.07. The predicted octanol–water partition coefficient (Wildman–Crippen LogP) is 2.59. The number of rotatable bonds is 6. The number of carbonyl (C=O) groups is 3. The Kier molecular flexibility index (Phi) is 8.84. The molecule has 3 N–H and O–H groups in total. The monoisotopic (exact) mass is 415 g/mol. The molecule has 2 rings (SSSR count). The molecule has 11 heteroatoms. The van der Waals surface area contributed by atoms with Crippen molar-refractivity contribution < 1.29 is 37.4 Å². The van der Waals surface area contributed by atoms with Gasteiger partial charge in [-0.1, -0.05) is 0 Å². The molecule has 8 nitrogen and oxygen atoms in total. The Bertz CT molecular complexity index is 871. The van der Waals surface area contributed by atoms with Crippen LogP contribution in [-0.4, -0.2) is 54.3 Å². The first-order valence-electron chi connectivity index (χ1n) is 8.37. The minimum absolute atomic E-state index is 0.00334.